The maximum atomic E-state index is 11.5. The van der Waals surface area contributed by atoms with Crippen molar-refractivity contribution in [1.82, 2.24) is 10.2 Å². The molecule has 5 nitrogen and oxygen atoms in total. The molecule has 0 aliphatic rings. The van der Waals surface area contributed by atoms with Crippen molar-refractivity contribution in [3.63, 3.8) is 0 Å². The third kappa shape index (κ3) is 3.27. The van der Waals surface area contributed by atoms with Gasteiger partial charge in [-0.2, -0.15) is 5.10 Å². The fourth-order valence-corrected chi connectivity index (χ4v) is 1.15. The van der Waals surface area contributed by atoms with Crippen LogP contribution in [0.15, 0.2) is 0 Å². The summed E-state index contributed by atoms with van der Waals surface area (Å²) in [6, 6.07) is 0. The van der Waals surface area contributed by atoms with Gasteiger partial charge in [-0.25, -0.2) is 0 Å². The van der Waals surface area contributed by atoms with Crippen LogP contribution in [-0.4, -0.2) is 16.1 Å². The number of H-pyrrole nitrogens is 1. The monoisotopic (exact) mass is 210 g/mol. The lowest BCUT2D eigenvalue weighted by Gasteiger charge is -2.04. The molecule has 0 radical (unpaired) electrons. The minimum Gasteiger partial charge on any atom is -0.394 e. The number of hydrogen-bond acceptors (Lipinski definition) is 3. The van der Waals surface area contributed by atoms with Gasteiger partial charge in [-0.1, -0.05) is 13.8 Å². The van der Waals surface area contributed by atoms with Crippen LogP contribution in [0.4, 0.5) is 11.5 Å². The van der Waals surface area contributed by atoms with Crippen molar-refractivity contribution in [2.75, 3.05) is 11.1 Å². The highest BCUT2D eigenvalue weighted by molar-refractivity contribution is 5.92. The minimum absolute atomic E-state index is 0.0399. The van der Waals surface area contributed by atoms with Crippen LogP contribution >= 0.6 is 0 Å². The average molecular weight is 210 g/mol. The number of amides is 1. The summed E-state index contributed by atoms with van der Waals surface area (Å²) in [6.07, 6.45) is 1.37. The van der Waals surface area contributed by atoms with Crippen LogP contribution in [0.1, 0.15) is 32.4 Å². The van der Waals surface area contributed by atoms with Gasteiger partial charge in [-0.15, -0.1) is 0 Å². The lowest BCUT2D eigenvalue weighted by atomic mass is 10.1. The molecular weight excluding hydrogens is 192 g/mol. The maximum absolute atomic E-state index is 11.5. The summed E-state index contributed by atoms with van der Waals surface area (Å²) in [5.41, 5.74) is 6.98. The summed E-state index contributed by atoms with van der Waals surface area (Å²) < 4.78 is 0. The first-order chi connectivity index (χ1) is 7.00. The number of carbonyl (C=O) groups excluding carboxylic acids is 1. The van der Waals surface area contributed by atoms with E-state index in [1.54, 1.807) is 0 Å². The van der Waals surface area contributed by atoms with Crippen molar-refractivity contribution >= 4 is 17.4 Å². The zero-order valence-electron chi connectivity index (χ0n) is 9.42. The van der Waals surface area contributed by atoms with E-state index in [4.69, 9.17) is 5.73 Å². The SMILES string of the molecule is Cc1[nH]nc(NC(=O)CCC(C)C)c1N. The molecular formula is C10H18N4O. The third-order valence-corrected chi connectivity index (χ3v) is 2.20. The number of aromatic amines is 1. The summed E-state index contributed by atoms with van der Waals surface area (Å²) >= 11 is 0. The molecule has 0 saturated heterocycles. The largest absolute Gasteiger partial charge is 0.394 e. The van der Waals surface area contributed by atoms with Gasteiger partial charge >= 0.3 is 0 Å². The quantitative estimate of drug-likeness (QED) is 0.706. The summed E-state index contributed by atoms with van der Waals surface area (Å²) in [5, 5.41) is 9.30. The normalized spacial score (nSPS) is 10.7. The number of anilines is 2. The van der Waals surface area contributed by atoms with Crippen LogP contribution in [0.25, 0.3) is 0 Å². The van der Waals surface area contributed by atoms with E-state index >= 15 is 0 Å². The van der Waals surface area contributed by atoms with Gasteiger partial charge in [0.05, 0.1) is 11.4 Å². The van der Waals surface area contributed by atoms with Gasteiger partial charge in [0.25, 0.3) is 0 Å². The standard InChI is InChI=1S/C10H18N4O/c1-6(2)4-5-8(15)12-10-9(11)7(3)13-14-10/h6H,4-5,11H2,1-3H3,(H2,12,13,14,15). The number of aryl methyl sites for hydroxylation is 1. The number of nitrogens with zero attached hydrogens (tertiary/aromatic N) is 1. The highest BCUT2D eigenvalue weighted by Gasteiger charge is 2.10. The van der Waals surface area contributed by atoms with Crippen molar-refractivity contribution in [2.45, 2.75) is 33.6 Å². The second-order valence-electron chi connectivity index (χ2n) is 4.09. The molecule has 5 heteroatoms. The van der Waals surface area contributed by atoms with Gasteiger partial charge < -0.3 is 11.1 Å². The molecule has 1 amide bonds. The van der Waals surface area contributed by atoms with Crippen LogP contribution < -0.4 is 11.1 Å². The van der Waals surface area contributed by atoms with Crippen LogP contribution in [0, 0.1) is 12.8 Å². The Morgan fingerprint density at radius 1 is 1.60 bits per heavy atom. The molecule has 1 rings (SSSR count). The van der Waals surface area contributed by atoms with Gasteiger partial charge in [-0.3, -0.25) is 9.89 Å². The first-order valence-corrected chi connectivity index (χ1v) is 5.11. The molecule has 0 unspecified atom stereocenters. The van der Waals surface area contributed by atoms with Crippen molar-refractivity contribution in [2.24, 2.45) is 5.92 Å². The van der Waals surface area contributed by atoms with E-state index in [9.17, 15) is 4.79 Å². The van der Waals surface area contributed by atoms with Gasteiger partial charge in [0.15, 0.2) is 5.82 Å². The second kappa shape index (κ2) is 4.82. The molecule has 1 heterocycles. The van der Waals surface area contributed by atoms with Crippen LogP contribution in [0.2, 0.25) is 0 Å². The van der Waals surface area contributed by atoms with Crippen molar-refractivity contribution in [1.29, 1.82) is 0 Å². The molecule has 84 valence electrons. The van der Waals surface area contributed by atoms with Crippen molar-refractivity contribution in [3.8, 4) is 0 Å². The lowest BCUT2D eigenvalue weighted by molar-refractivity contribution is -0.116. The molecule has 0 saturated carbocycles. The van der Waals surface area contributed by atoms with Gasteiger partial charge in [-0.05, 0) is 19.3 Å². The zero-order valence-corrected chi connectivity index (χ0v) is 9.42. The van der Waals surface area contributed by atoms with E-state index in [1.165, 1.54) is 0 Å². The van der Waals surface area contributed by atoms with Crippen molar-refractivity contribution < 1.29 is 4.79 Å². The van der Waals surface area contributed by atoms with E-state index < -0.39 is 0 Å². The van der Waals surface area contributed by atoms with E-state index in [0.717, 1.165) is 12.1 Å². The first kappa shape index (κ1) is 11.6. The highest BCUT2D eigenvalue weighted by Crippen LogP contribution is 2.18. The molecule has 0 aromatic carbocycles. The van der Waals surface area contributed by atoms with Crippen LogP contribution in [0.5, 0.6) is 0 Å². The second-order valence-corrected chi connectivity index (χ2v) is 4.09. The molecule has 0 aliphatic heterocycles. The number of rotatable bonds is 4. The summed E-state index contributed by atoms with van der Waals surface area (Å²) in [6.45, 7) is 5.98. The molecule has 0 bridgehead atoms. The zero-order chi connectivity index (χ0) is 11.4. The molecule has 15 heavy (non-hydrogen) atoms. The summed E-state index contributed by atoms with van der Waals surface area (Å²) in [4.78, 5) is 11.5. The van der Waals surface area contributed by atoms with Gasteiger partial charge in [0.2, 0.25) is 5.91 Å². The molecule has 0 spiro atoms. The molecule has 1 aromatic heterocycles. The Bertz CT molecular complexity index is 343. The fraction of sp³-hybridized carbons (Fsp3) is 0.600. The maximum Gasteiger partial charge on any atom is 0.225 e. The van der Waals surface area contributed by atoms with Crippen LogP contribution in [0.3, 0.4) is 0 Å². The number of hydrogen-bond donors (Lipinski definition) is 3. The van der Waals surface area contributed by atoms with Gasteiger partial charge in [0.1, 0.15) is 0 Å². The van der Waals surface area contributed by atoms with E-state index in [1.807, 2.05) is 6.92 Å². The smallest absolute Gasteiger partial charge is 0.225 e. The molecule has 4 N–H and O–H groups in total. The summed E-state index contributed by atoms with van der Waals surface area (Å²) in [5.74, 6) is 0.914. The summed E-state index contributed by atoms with van der Waals surface area (Å²) in [7, 11) is 0. The van der Waals surface area contributed by atoms with Crippen molar-refractivity contribution in [3.05, 3.63) is 5.69 Å². The Morgan fingerprint density at radius 3 is 2.73 bits per heavy atom. The molecule has 1 aromatic rings. The first-order valence-electron chi connectivity index (χ1n) is 5.11. The predicted octanol–water partition coefficient (Wildman–Crippen LogP) is 1.68. The topological polar surface area (TPSA) is 83.8 Å². The number of nitrogens with two attached hydrogens (primary N) is 1. The Hall–Kier alpha value is -1.52. The molecule has 0 atom stereocenters. The van der Waals surface area contributed by atoms with E-state index in [2.05, 4.69) is 29.4 Å². The Morgan fingerprint density at radius 2 is 2.27 bits per heavy atom. The van der Waals surface area contributed by atoms with E-state index in [-0.39, 0.29) is 5.91 Å². The minimum atomic E-state index is -0.0399. The number of carbonyl (C=O) groups is 1. The van der Waals surface area contributed by atoms with Crippen LogP contribution in [-0.2, 0) is 4.79 Å². The lowest BCUT2D eigenvalue weighted by Crippen LogP contribution is -2.13. The van der Waals surface area contributed by atoms with E-state index in [0.29, 0.717) is 23.8 Å². The van der Waals surface area contributed by atoms with Gasteiger partial charge in [0, 0.05) is 6.42 Å². The predicted molar refractivity (Wildman–Crippen MR) is 60.4 cm³/mol. The third-order valence-electron chi connectivity index (χ3n) is 2.20. The highest BCUT2D eigenvalue weighted by atomic mass is 16.1. The Kier molecular flexibility index (Phi) is 3.71. The molecule has 0 fully saturated rings. The Labute approximate surface area is 89.4 Å². The fourth-order valence-electron chi connectivity index (χ4n) is 1.15. The number of nitrogen functional groups attached to an aromatic ring is 1. The Balaban J connectivity index is 2.48. The average Bonchev–Trinajstić information content (AvgIpc) is 2.47. The number of aromatic nitrogens is 2. The number of nitrogens with one attached hydrogen (secondary N) is 2. The molecule has 0 aliphatic carbocycles.